The molecule has 132 valence electrons. The first kappa shape index (κ1) is 17.2. The van der Waals surface area contributed by atoms with Crippen molar-refractivity contribution in [2.45, 2.75) is 6.54 Å². The number of anilines is 2. The molecule has 26 heavy (non-hydrogen) atoms. The maximum absolute atomic E-state index is 11.6. The van der Waals surface area contributed by atoms with Gasteiger partial charge in [0, 0.05) is 18.6 Å². The highest BCUT2D eigenvalue weighted by Gasteiger charge is 2.18. The van der Waals surface area contributed by atoms with Crippen LogP contribution in [0.5, 0.6) is 5.75 Å². The molecule has 0 spiro atoms. The van der Waals surface area contributed by atoms with Crippen LogP contribution in [0.25, 0.3) is 0 Å². The van der Waals surface area contributed by atoms with E-state index >= 15 is 0 Å². The van der Waals surface area contributed by atoms with E-state index in [0.29, 0.717) is 23.1 Å². The van der Waals surface area contributed by atoms with Gasteiger partial charge in [-0.2, -0.15) is 0 Å². The summed E-state index contributed by atoms with van der Waals surface area (Å²) < 4.78 is 5.39. The number of carbonyl (C=O) groups excluding carboxylic acids is 1. The summed E-state index contributed by atoms with van der Waals surface area (Å²) in [5.74, 6) is 0.952. The normalized spacial score (nSPS) is 10.2. The molecule has 0 aliphatic rings. The Morgan fingerprint density at radius 2 is 2.08 bits per heavy atom. The van der Waals surface area contributed by atoms with E-state index in [1.165, 1.54) is 6.07 Å². The first-order valence-corrected chi connectivity index (χ1v) is 7.66. The van der Waals surface area contributed by atoms with Gasteiger partial charge in [-0.25, -0.2) is 20.4 Å². The molecule has 1 amide bonds. The van der Waals surface area contributed by atoms with Gasteiger partial charge in [-0.3, -0.25) is 15.0 Å². The van der Waals surface area contributed by atoms with Gasteiger partial charge in [-0.05, 0) is 24.3 Å². The maximum Gasteiger partial charge on any atom is 0.293 e. The van der Waals surface area contributed by atoms with E-state index in [0.717, 1.165) is 0 Å². The van der Waals surface area contributed by atoms with Crippen LogP contribution in [0.15, 0.2) is 55.1 Å². The number of rotatable bonds is 6. The van der Waals surface area contributed by atoms with E-state index in [1.807, 2.05) is 0 Å². The lowest BCUT2D eigenvalue weighted by Crippen LogP contribution is -2.23. The van der Waals surface area contributed by atoms with Gasteiger partial charge >= 0.3 is 0 Å². The number of hydrogen-bond acceptors (Lipinski definition) is 8. The summed E-state index contributed by atoms with van der Waals surface area (Å²) in [7, 11) is 1.56. The molecule has 0 fully saturated rings. The van der Waals surface area contributed by atoms with Crippen molar-refractivity contribution in [3.8, 4) is 5.75 Å². The van der Waals surface area contributed by atoms with Crippen LogP contribution in [0.1, 0.15) is 16.2 Å². The lowest BCUT2D eigenvalue weighted by atomic mass is 10.2. The van der Waals surface area contributed by atoms with E-state index in [-0.39, 0.29) is 12.2 Å². The van der Waals surface area contributed by atoms with Gasteiger partial charge in [-0.1, -0.05) is 6.07 Å². The standard InChI is InChI=1S/C17H16N6O3/c1-26-14-6-3-7-20-16(14)23(15-10-18-8-9-19-15)11-12-4-2-5-13(21-12)17(24)22-25/h2-10,25H,11H2,1H3,(H,22,24). The van der Waals surface area contributed by atoms with E-state index in [4.69, 9.17) is 9.94 Å². The van der Waals surface area contributed by atoms with Crippen molar-refractivity contribution < 1.29 is 14.7 Å². The predicted molar refractivity (Wildman–Crippen MR) is 92.2 cm³/mol. The number of pyridine rings is 2. The highest BCUT2D eigenvalue weighted by Crippen LogP contribution is 2.31. The van der Waals surface area contributed by atoms with E-state index in [1.54, 1.807) is 66.5 Å². The molecule has 0 atom stereocenters. The van der Waals surface area contributed by atoms with Crippen LogP contribution in [0.2, 0.25) is 0 Å². The molecule has 0 unspecified atom stereocenters. The number of aromatic nitrogens is 4. The Bertz CT molecular complexity index is 890. The number of ether oxygens (including phenoxy) is 1. The third-order valence-corrected chi connectivity index (χ3v) is 3.51. The van der Waals surface area contributed by atoms with Crippen LogP contribution in [-0.2, 0) is 6.54 Å². The molecule has 3 rings (SSSR count). The Morgan fingerprint density at radius 1 is 1.19 bits per heavy atom. The second-order valence-electron chi connectivity index (χ2n) is 5.13. The smallest absolute Gasteiger partial charge is 0.293 e. The average Bonchev–Trinajstić information content (AvgIpc) is 2.72. The van der Waals surface area contributed by atoms with Gasteiger partial charge in [0.2, 0.25) is 0 Å². The van der Waals surface area contributed by atoms with Gasteiger partial charge in [0.25, 0.3) is 5.91 Å². The van der Waals surface area contributed by atoms with Crippen molar-refractivity contribution in [3.63, 3.8) is 0 Å². The molecule has 2 N–H and O–H groups in total. The summed E-state index contributed by atoms with van der Waals surface area (Å²) in [5.41, 5.74) is 2.24. The number of methoxy groups -OCH3 is 1. The third-order valence-electron chi connectivity index (χ3n) is 3.51. The molecule has 3 heterocycles. The molecule has 3 aromatic rings. The fourth-order valence-electron chi connectivity index (χ4n) is 2.35. The summed E-state index contributed by atoms with van der Waals surface area (Å²) in [5, 5.41) is 8.79. The molecule has 0 aliphatic heterocycles. The Morgan fingerprint density at radius 3 is 2.81 bits per heavy atom. The van der Waals surface area contributed by atoms with Crippen molar-refractivity contribution in [2.24, 2.45) is 0 Å². The topological polar surface area (TPSA) is 113 Å². The van der Waals surface area contributed by atoms with Crippen molar-refractivity contribution in [1.29, 1.82) is 0 Å². The quantitative estimate of drug-likeness (QED) is 0.509. The molecule has 9 heteroatoms. The SMILES string of the molecule is COc1cccnc1N(Cc1cccc(C(=O)NO)n1)c1cnccn1. The van der Waals surface area contributed by atoms with Gasteiger partial charge in [0.05, 0.1) is 25.5 Å². The first-order chi connectivity index (χ1) is 12.7. The summed E-state index contributed by atoms with van der Waals surface area (Å²) >= 11 is 0. The molecular weight excluding hydrogens is 336 g/mol. The number of nitrogens with zero attached hydrogens (tertiary/aromatic N) is 5. The summed E-state index contributed by atoms with van der Waals surface area (Å²) in [6.07, 6.45) is 6.38. The zero-order valence-corrected chi connectivity index (χ0v) is 13.9. The lowest BCUT2D eigenvalue weighted by molar-refractivity contribution is 0.0700. The highest BCUT2D eigenvalue weighted by atomic mass is 16.5. The molecule has 0 aromatic carbocycles. The Labute approximate surface area is 149 Å². The van der Waals surface area contributed by atoms with Crippen LogP contribution in [0, 0.1) is 0 Å². The molecule has 0 radical (unpaired) electrons. The predicted octanol–water partition coefficient (Wildman–Crippen LogP) is 1.73. The molecule has 9 nitrogen and oxygen atoms in total. The number of amides is 1. The number of nitrogens with one attached hydrogen (secondary N) is 1. The number of carbonyl (C=O) groups is 1. The fourth-order valence-corrected chi connectivity index (χ4v) is 2.35. The second-order valence-corrected chi connectivity index (χ2v) is 5.13. The monoisotopic (exact) mass is 352 g/mol. The van der Waals surface area contributed by atoms with Crippen LogP contribution < -0.4 is 15.1 Å². The van der Waals surface area contributed by atoms with Crippen molar-refractivity contribution in [3.05, 3.63) is 66.5 Å². The molecular formula is C17H16N6O3. The minimum Gasteiger partial charge on any atom is -0.493 e. The van der Waals surface area contributed by atoms with E-state index < -0.39 is 5.91 Å². The Balaban J connectivity index is 2.01. The fraction of sp³-hybridized carbons (Fsp3) is 0.118. The van der Waals surface area contributed by atoms with Gasteiger partial charge in [0.1, 0.15) is 5.69 Å². The minimum atomic E-state index is -0.687. The highest BCUT2D eigenvalue weighted by molar-refractivity contribution is 5.91. The Kier molecular flexibility index (Phi) is 5.30. The molecule has 0 saturated carbocycles. The largest absolute Gasteiger partial charge is 0.493 e. The van der Waals surface area contributed by atoms with E-state index in [9.17, 15) is 4.79 Å². The second kappa shape index (κ2) is 7.99. The molecule has 0 bridgehead atoms. The maximum atomic E-state index is 11.6. The van der Waals surface area contributed by atoms with Crippen molar-refractivity contribution in [1.82, 2.24) is 25.4 Å². The van der Waals surface area contributed by atoms with Crippen LogP contribution in [0.3, 0.4) is 0 Å². The molecule has 3 aromatic heterocycles. The number of hydroxylamine groups is 1. The molecule has 0 aliphatic carbocycles. The van der Waals surface area contributed by atoms with Crippen LogP contribution in [0.4, 0.5) is 11.6 Å². The zero-order valence-electron chi connectivity index (χ0n) is 13.9. The van der Waals surface area contributed by atoms with E-state index in [2.05, 4.69) is 19.9 Å². The van der Waals surface area contributed by atoms with Crippen LogP contribution >= 0.6 is 0 Å². The average molecular weight is 352 g/mol. The summed E-state index contributed by atoms with van der Waals surface area (Å²) in [6.45, 7) is 0.263. The van der Waals surface area contributed by atoms with Crippen LogP contribution in [-0.4, -0.2) is 38.2 Å². The minimum absolute atomic E-state index is 0.0945. The van der Waals surface area contributed by atoms with Gasteiger partial charge in [-0.15, -0.1) is 0 Å². The van der Waals surface area contributed by atoms with Crippen molar-refractivity contribution in [2.75, 3.05) is 12.0 Å². The summed E-state index contributed by atoms with van der Waals surface area (Å²) in [6, 6.07) is 8.49. The lowest BCUT2D eigenvalue weighted by Gasteiger charge is -2.23. The Hall–Kier alpha value is -3.59. The van der Waals surface area contributed by atoms with Crippen molar-refractivity contribution >= 4 is 17.5 Å². The zero-order chi connectivity index (χ0) is 18.4. The summed E-state index contributed by atoms with van der Waals surface area (Å²) in [4.78, 5) is 30.4. The molecule has 0 saturated heterocycles. The van der Waals surface area contributed by atoms with Gasteiger partial charge in [0.15, 0.2) is 17.4 Å². The van der Waals surface area contributed by atoms with Gasteiger partial charge < -0.3 is 9.64 Å². The first-order valence-electron chi connectivity index (χ1n) is 7.66. The number of hydrogen-bond donors (Lipinski definition) is 2. The third kappa shape index (κ3) is 3.73.